The average molecular weight is 568 g/mol. The van der Waals surface area contributed by atoms with Gasteiger partial charge in [0, 0.05) is 12.6 Å². The predicted octanol–water partition coefficient (Wildman–Crippen LogP) is 8.11. The largest absolute Gasteiger partial charge is 0.468 e. The molecule has 0 aromatic rings. The van der Waals surface area contributed by atoms with Crippen LogP contribution in [-0.2, 0) is 9.53 Å². The van der Waals surface area contributed by atoms with Gasteiger partial charge in [-0.25, -0.2) is 0 Å². The molecule has 1 aliphatic carbocycles. The second-order valence-corrected chi connectivity index (χ2v) is 12.9. The van der Waals surface area contributed by atoms with Gasteiger partial charge in [-0.05, 0) is 120 Å². The van der Waals surface area contributed by atoms with E-state index in [1.165, 1.54) is 94.7 Å². The summed E-state index contributed by atoms with van der Waals surface area (Å²) >= 11 is 0. The Bertz CT molecular complexity index is 905. The van der Waals surface area contributed by atoms with Gasteiger partial charge < -0.3 is 20.7 Å². The van der Waals surface area contributed by atoms with Crippen LogP contribution in [-0.4, -0.2) is 38.3 Å². The summed E-state index contributed by atoms with van der Waals surface area (Å²) in [5.41, 5.74) is 5.99. The van der Waals surface area contributed by atoms with Crippen LogP contribution in [0, 0.1) is 17.8 Å². The summed E-state index contributed by atoms with van der Waals surface area (Å²) in [4.78, 5) is 12.0. The van der Waals surface area contributed by atoms with Gasteiger partial charge >= 0.3 is 5.97 Å². The van der Waals surface area contributed by atoms with Crippen LogP contribution in [0.5, 0.6) is 0 Å². The highest BCUT2D eigenvalue weighted by Crippen LogP contribution is 2.43. The molecule has 3 aliphatic rings. The number of carbonyl (C=O) groups is 1. The number of hydrogen-bond acceptors (Lipinski definition) is 5. The molecule has 1 fully saturated rings. The first-order chi connectivity index (χ1) is 20.0. The Hall–Kier alpha value is -2.01. The lowest BCUT2D eigenvalue weighted by atomic mass is 9.70. The maximum absolute atomic E-state index is 12.0. The van der Waals surface area contributed by atoms with Gasteiger partial charge in [0.25, 0.3) is 0 Å². The zero-order valence-corrected chi connectivity index (χ0v) is 26.9. The number of ether oxygens (including phenoxy) is 1. The van der Waals surface area contributed by atoms with Crippen LogP contribution < -0.4 is 16.0 Å². The van der Waals surface area contributed by atoms with Crippen LogP contribution in [0.3, 0.4) is 0 Å². The van der Waals surface area contributed by atoms with Gasteiger partial charge in [-0.2, -0.15) is 0 Å². The van der Waals surface area contributed by atoms with E-state index in [0.29, 0.717) is 17.9 Å². The lowest BCUT2D eigenvalue weighted by Gasteiger charge is -2.38. The number of carbonyl (C=O) groups excluding carboxylic acids is 1. The number of unbranched alkanes of at least 4 members (excludes halogenated alkanes) is 3. The van der Waals surface area contributed by atoms with Crippen molar-refractivity contribution in [2.24, 2.45) is 17.8 Å². The first kappa shape index (κ1) is 33.5. The molecule has 0 aromatic carbocycles. The van der Waals surface area contributed by atoms with Crippen LogP contribution >= 0.6 is 0 Å². The Morgan fingerprint density at radius 3 is 2.80 bits per heavy atom. The van der Waals surface area contributed by atoms with Gasteiger partial charge in [0.1, 0.15) is 6.04 Å². The molecule has 5 atom stereocenters. The van der Waals surface area contributed by atoms with Crippen molar-refractivity contribution in [1.82, 2.24) is 16.0 Å². The van der Waals surface area contributed by atoms with E-state index in [1.807, 2.05) is 0 Å². The van der Waals surface area contributed by atoms with E-state index >= 15 is 0 Å². The minimum absolute atomic E-state index is 0.128. The predicted molar refractivity (Wildman–Crippen MR) is 173 cm³/mol. The Labute approximate surface area is 252 Å². The molecule has 0 saturated heterocycles. The highest BCUT2D eigenvalue weighted by molar-refractivity contribution is 5.75. The molecule has 0 radical (unpaired) electrons. The zero-order valence-electron chi connectivity index (χ0n) is 26.9. The third kappa shape index (κ3) is 11.0. The van der Waals surface area contributed by atoms with Gasteiger partial charge in [-0.15, -0.1) is 0 Å². The van der Waals surface area contributed by atoms with Crippen molar-refractivity contribution in [3.05, 3.63) is 47.3 Å². The van der Waals surface area contributed by atoms with Gasteiger partial charge in [-0.1, -0.05) is 63.5 Å². The van der Waals surface area contributed by atoms with E-state index in [1.54, 1.807) is 5.57 Å². The van der Waals surface area contributed by atoms with Crippen LogP contribution in [0.2, 0.25) is 0 Å². The van der Waals surface area contributed by atoms with Crippen molar-refractivity contribution in [2.45, 2.75) is 136 Å². The maximum Gasteiger partial charge on any atom is 0.322 e. The summed E-state index contributed by atoms with van der Waals surface area (Å²) in [6.07, 6.45) is 26.0. The number of hydrogen-bond donors (Lipinski definition) is 3. The monoisotopic (exact) mass is 567 g/mol. The van der Waals surface area contributed by atoms with E-state index in [-0.39, 0.29) is 12.0 Å². The summed E-state index contributed by atoms with van der Waals surface area (Å²) in [7, 11) is 1.48. The minimum atomic E-state index is -0.156. The topological polar surface area (TPSA) is 62.4 Å². The Balaban J connectivity index is 1.44. The highest BCUT2D eigenvalue weighted by Gasteiger charge is 2.31. The summed E-state index contributed by atoms with van der Waals surface area (Å²) in [6.45, 7) is 13.3. The lowest BCUT2D eigenvalue weighted by molar-refractivity contribution is -0.143. The normalized spacial score (nSPS) is 24.9. The van der Waals surface area contributed by atoms with Crippen molar-refractivity contribution in [1.29, 1.82) is 0 Å². The standard InChI is InChI=1S/C36H61N3O2/c1-6-23-37-34(36(40)41-5)19-13-11-9-8-10-12-17-29(7-2)25-31-26-30(22-21-27(31)3)32-18-15-24-38-35(32)33-20-14-16-28(4)39-33/h10,12,20,28-31,34,37-39H,3,6-9,11,13-19,21-26H2,1-2,4-5H3/b12-10+/t28?,29?,30?,31?,34-/m0/s1. The summed E-state index contributed by atoms with van der Waals surface area (Å²) in [5, 5.41) is 10.9. The molecule has 2 aliphatic heterocycles. The fraction of sp³-hybridized carbons (Fsp3) is 0.750. The smallest absolute Gasteiger partial charge is 0.322 e. The number of nitrogens with one attached hydrogen (secondary N) is 3. The molecular formula is C36H61N3O2. The SMILES string of the molecule is C=C1CCC(C2=C(C3=CCCC(C)N3)NCCC2)CC1CC(CC)C/C=C/CCCCC[C@H](NCCC)C(=O)OC. The molecule has 2 heterocycles. The Morgan fingerprint density at radius 2 is 2.05 bits per heavy atom. The fourth-order valence-corrected chi connectivity index (χ4v) is 7.02. The van der Waals surface area contributed by atoms with Gasteiger partial charge in [0.05, 0.1) is 18.5 Å². The first-order valence-corrected chi connectivity index (χ1v) is 17.0. The average Bonchev–Trinajstić information content (AvgIpc) is 2.99. The van der Waals surface area contributed by atoms with Gasteiger partial charge in [-0.3, -0.25) is 4.79 Å². The molecule has 4 unspecified atom stereocenters. The molecule has 0 bridgehead atoms. The van der Waals surface area contributed by atoms with Crippen LogP contribution in [0.25, 0.3) is 0 Å². The summed E-state index contributed by atoms with van der Waals surface area (Å²) in [5.74, 6) is 1.95. The molecule has 5 nitrogen and oxygen atoms in total. The Kier molecular flexibility index (Phi) is 15.1. The number of allylic oxidation sites excluding steroid dienone is 5. The van der Waals surface area contributed by atoms with E-state index in [9.17, 15) is 4.79 Å². The minimum Gasteiger partial charge on any atom is -0.468 e. The quantitative estimate of drug-likeness (QED) is 0.0941. The third-order valence-corrected chi connectivity index (χ3v) is 9.64. The number of rotatable bonds is 17. The van der Waals surface area contributed by atoms with E-state index in [4.69, 9.17) is 4.74 Å². The van der Waals surface area contributed by atoms with Crippen molar-refractivity contribution in [3.8, 4) is 0 Å². The molecule has 41 heavy (non-hydrogen) atoms. The Morgan fingerprint density at radius 1 is 1.20 bits per heavy atom. The van der Waals surface area contributed by atoms with E-state index < -0.39 is 0 Å². The highest BCUT2D eigenvalue weighted by atomic mass is 16.5. The zero-order chi connectivity index (χ0) is 29.5. The van der Waals surface area contributed by atoms with Crippen LogP contribution in [0.4, 0.5) is 0 Å². The van der Waals surface area contributed by atoms with Crippen molar-refractivity contribution in [2.75, 3.05) is 20.2 Å². The summed E-state index contributed by atoms with van der Waals surface area (Å²) in [6, 6.07) is 0.411. The fourth-order valence-electron chi connectivity index (χ4n) is 7.02. The maximum atomic E-state index is 12.0. The molecule has 0 amide bonds. The number of methoxy groups -OCH3 is 1. The first-order valence-electron chi connectivity index (χ1n) is 17.0. The molecule has 0 aromatic heterocycles. The summed E-state index contributed by atoms with van der Waals surface area (Å²) < 4.78 is 4.96. The van der Waals surface area contributed by atoms with Crippen LogP contribution in [0.1, 0.15) is 124 Å². The van der Waals surface area contributed by atoms with Crippen molar-refractivity contribution < 1.29 is 9.53 Å². The van der Waals surface area contributed by atoms with E-state index in [2.05, 4.69) is 61.5 Å². The van der Waals surface area contributed by atoms with Crippen molar-refractivity contribution >= 4 is 5.97 Å². The van der Waals surface area contributed by atoms with Gasteiger partial charge in [0.15, 0.2) is 0 Å². The molecule has 3 N–H and O–H groups in total. The molecule has 0 spiro atoms. The molecular weight excluding hydrogens is 506 g/mol. The van der Waals surface area contributed by atoms with E-state index in [0.717, 1.165) is 51.1 Å². The molecule has 232 valence electrons. The van der Waals surface area contributed by atoms with Crippen LogP contribution in [0.15, 0.2) is 47.3 Å². The second kappa shape index (κ2) is 18.5. The second-order valence-electron chi connectivity index (χ2n) is 12.9. The molecule has 3 rings (SSSR count). The number of esters is 1. The van der Waals surface area contributed by atoms with Gasteiger partial charge in [0.2, 0.25) is 0 Å². The van der Waals surface area contributed by atoms with Crippen molar-refractivity contribution in [3.63, 3.8) is 0 Å². The molecule has 5 heteroatoms. The third-order valence-electron chi connectivity index (χ3n) is 9.64. The lowest BCUT2D eigenvalue weighted by Crippen LogP contribution is -2.38. The molecule has 1 saturated carbocycles.